The number of rotatable bonds is 3. The first-order valence-corrected chi connectivity index (χ1v) is 8.81. The molecule has 0 spiro atoms. The minimum atomic E-state index is -3.48. The Hall–Kier alpha value is -1.53. The van der Waals surface area contributed by atoms with Crippen molar-refractivity contribution in [3.05, 3.63) is 40.8 Å². The van der Waals surface area contributed by atoms with E-state index in [0.29, 0.717) is 9.90 Å². The van der Waals surface area contributed by atoms with Crippen LogP contribution in [0.1, 0.15) is 16.9 Å². The number of thiophene rings is 1. The van der Waals surface area contributed by atoms with Gasteiger partial charge in [0.15, 0.2) is 0 Å². The molecule has 0 unspecified atom stereocenters. The molecule has 6 heteroatoms. The third-order valence-corrected chi connectivity index (χ3v) is 6.15. The fourth-order valence-electron chi connectivity index (χ4n) is 2.29. The number of aryl methyl sites for hydroxylation is 2. The van der Waals surface area contributed by atoms with Crippen LogP contribution in [0.2, 0.25) is 0 Å². The first-order chi connectivity index (χ1) is 9.54. The van der Waals surface area contributed by atoms with Crippen molar-refractivity contribution < 1.29 is 8.42 Å². The summed E-state index contributed by atoms with van der Waals surface area (Å²) >= 11 is 1.28. The Morgan fingerprint density at radius 1 is 1.25 bits per heavy atom. The first-order valence-electron chi connectivity index (χ1n) is 6.51. The van der Waals surface area contributed by atoms with Crippen LogP contribution in [-0.4, -0.2) is 15.0 Å². The van der Waals surface area contributed by atoms with E-state index >= 15 is 0 Å². The third-order valence-electron chi connectivity index (χ3n) is 3.28. The molecule has 106 valence electrons. The Morgan fingerprint density at radius 3 is 2.85 bits per heavy atom. The average molecular weight is 308 g/mol. The lowest BCUT2D eigenvalue weighted by Crippen LogP contribution is -2.14. The van der Waals surface area contributed by atoms with Crippen molar-refractivity contribution >= 4 is 32.7 Å². The van der Waals surface area contributed by atoms with Gasteiger partial charge in [-0.1, -0.05) is 6.07 Å². The lowest BCUT2D eigenvalue weighted by Gasteiger charge is -2.19. The van der Waals surface area contributed by atoms with Crippen molar-refractivity contribution in [2.24, 2.45) is 0 Å². The van der Waals surface area contributed by atoms with E-state index in [1.807, 2.05) is 31.2 Å². The molecule has 4 nitrogen and oxygen atoms in total. The van der Waals surface area contributed by atoms with E-state index in [1.54, 1.807) is 6.07 Å². The highest BCUT2D eigenvalue weighted by molar-refractivity contribution is 7.94. The molecule has 0 saturated heterocycles. The molecule has 0 bridgehead atoms. The van der Waals surface area contributed by atoms with Crippen LogP contribution in [0.15, 0.2) is 34.5 Å². The van der Waals surface area contributed by atoms with Crippen LogP contribution < -0.4 is 10.0 Å². The predicted octanol–water partition coefficient (Wildman–Crippen LogP) is 3.22. The molecule has 0 amide bonds. The van der Waals surface area contributed by atoms with E-state index in [1.165, 1.54) is 16.9 Å². The second kappa shape index (κ2) is 5.10. The average Bonchev–Trinajstić information content (AvgIpc) is 2.86. The minimum Gasteiger partial charge on any atom is -0.385 e. The monoisotopic (exact) mass is 308 g/mol. The van der Waals surface area contributed by atoms with Crippen LogP contribution >= 0.6 is 11.3 Å². The molecule has 1 aliphatic heterocycles. The van der Waals surface area contributed by atoms with Gasteiger partial charge in [-0.2, -0.15) is 0 Å². The highest BCUT2D eigenvalue weighted by Gasteiger charge is 2.17. The van der Waals surface area contributed by atoms with E-state index < -0.39 is 10.0 Å². The quantitative estimate of drug-likeness (QED) is 0.915. The summed E-state index contributed by atoms with van der Waals surface area (Å²) < 4.78 is 27.5. The van der Waals surface area contributed by atoms with E-state index in [9.17, 15) is 8.42 Å². The largest absolute Gasteiger partial charge is 0.385 e. The maximum absolute atomic E-state index is 12.3. The molecule has 0 fully saturated rings. The minimum absolute atomic E-state index is 0.348. The Kier molecular flexibility index (Phi) is 3.43. The van der Waals surface area contributed by atoms with Crippen LogP contribution in [-0.2, 0) is 16.4 Å². The molecule has 3 rings (SSSR count). The van der Waals surface area contributed by atoms with Crippen molar-refractivity contribution in [3.8, 4) is 0 Å². The van der Waals surface area contributed by atoms with Crippen molar-refractivity contribution in [1.29, 1.82) is 0 Å². The summed E-state index contributed by atoms with van der Waals surface area (Å²) in [5, 5.41) is 3.30. The first kappa shape index (κ1) is 13.5. The van der Waals surface area contributed by atoms with Crippen molar-refractivity contribution in [1.82, 2.24) is 0 Å². The molecule has 2 heterocycles. The number of hydrogen-bond acceptors (Lipinski definition) is 4. The summed E-state index contributed by atoms with van der Waals surface area (Å²) in [6.07, 6.45) is 2.16. The van der Waals surface area contributed by atoms with E-state index in [4.69, 9.17) is 0 Å². The topological polar surface area (TPSA) is 58.2 Å². The smallest absolute Gasteiger partial charge is 0.271 e. The molecule has 1 aliphatic rings. The van der Waals surface area contributed by atoms with Gasteiger partial charge >= 0.3 is 0 Å². The van der Waals surface area contributed by atoms with Gasteiger partial charge in [-0.25, -0.2) is 8.42 Å². The maximum Gasteiger partial charge on any atom is 0.271 e. The maximum atomic E-state index is 12.3. The van der Waals surface area contributed by atoms with Gasteiger partial charge in [-0.15, -0.1) is 11.3 Å². The van der Waals surface area contributed by atoms with Crippen molar-refractivity contribution in [2.45, 2.75) is 24.0 Å². The van der Waals surface area contributed by atoms with Gasteiger partial charge in [0.25, 0.3) is 10.0 Å². The number of hydrogen-bond donors (Lipinski definition) is 2. The summed E-state index contributed by atoms with van der Waals surface area (Å²) in [4.78, 5) is 0.984. The summed E-state index contributed by atoms with van der Waals surface area (Å²) in [5.41, 5.74) is 2.87. The van der Waals surface area contributed by atoms with Crippen LogP contribution in [0.3, 0.4) is 0 Å². The van der Waals surface area contributed by atoms with Gasteiger partial charge < -0.3 is 5.32 Å². The van der Waals surface area contributed by atoms with Crippen LogP contribution in [0.25, 0.3) is 0 Å². The Labute approximate surface area is 122 Å². The standard InChI is InChI=1S/C14H16N2O2S2/c1-10-4-7-14(19-10)20(17,18)16-12-6-5-11-3-2-8-15-13(11)9-12/h4-7,9,15-16H,2-3,8H2,1H3. The molecular formula is C14H16N2O2S2. The Balaban J connectivity index is 1.87. The number of nitrogens with one attached hydrogen (secondary N) is 2. The normalized spacial score (nSPS) is 14.4. The number of fused-ring (bicyclic) bond motifs is 1. The van der Waals surface area contributed by atoms with Gasteiger partial charge in [0.1, 0.15) is 4.21 Å². The molecule has 0 radical (unpaired) electrons. The molecular weight excluding hydrogens is 292 g/mol. The molecule has 2 aromatic rings. The summed E-state index contributed by atoms with van der Waals surface area (Å²) in [6.45, 7) is 2.83. The molecule has 1 aromatic heterocycles. The summed E-state index contributed by atoms with van der Waals surface area (Å²) in [5.74, 6) is 0. The van der Waals surface area contributed by atoms with Crippen molar-refractivity contribution in [2.75, 3.05) is 16.6 Å². The summed E-state index contributed by atoms with van der Waals surface area (Å²) in [7, 11) is -3.48. The second-order valence-corrected chi connectivity index (χ2v) is 8.07. The van der Waals surface area contributed by atoms with Gasteiger partial charge in [0.2, 0.25) is 0 Å². The molecule has 20 heavy (non-hydrogen) atoms. The van der Waals surface area contributed by atoms with Crippen LogP contribution in [0.4, 0.5) is 11.4 Å². The lowest BCUT2D eigenvalue weighted by atomic mass is 10.0. The lowest BCUT2D eigenvalue weighted by molar-refractivity contribution is 0.603. The second-order valence-electron chi connectivity index (χ2n) is 4.87. The zero-order valence-electron chi connectivity index (χ0n) is 11.1. The highest BCUT2D eigenvalue weighted by Crippen LogP contribution is 2.28. The van der Waals surface area contributed by atoms with Crippen LogP contribution in [0, 0.1) is 6.92 Å². The number of benzene rings is 1. The molecule has 0 atom stereocenters. The van der Waals surface area contributed by atoms with E-state index in [0.717, 1.165) is 30.0 Å². The number of sulfonamides is 1. The molecule has 0 saturated carbocycles. The SMILES string of the molecule is Cc1ccc(S(=O)(=O)Nc2ccc3c(c2)NCCC3)s1. The third kappa shape index (κ3) is 2.66. The Morgan fingerprint density at radius 2 is 2.10 bits per heavy atom. The van der Waals surface area contributed by atoms with Gasteiger partial charge in [0, 0.05) is 17.1 Å². The summed E-state index contributed by atoms with van der Waals surface area (Å²) in [6, 6.07) is 9.13. The molecule has 2 N–H and O–H groups in total. The van der Waals surface area contributed by atoms with Gasteiger partial charge in [-0.05, 0) is 49.6 Å². The van der Waals surface area contributed by atoms with E-state index in [-0.39, 0.29) is 0 Å². The highest BCUT2D eigenvalue weighted by atomic mass is 32.2. The van der Waals surface area contributed by atoms with E-state index in [2.05, 4.69) is 10.0 Å². The zero-order valence-corrected chi connectivity index (χ0v) is 12.8. The van der Waals surface area contributed by atoms with Crippen LogP contribution in [0.5, 0.6) is 0 Å². The zero-order chi connectivity index (χ0) is 14.2. The van der Waals surface area contributed by atoms with Gasteiger partial charge in [-0.3, -0.25) is 4.72 Å². The Bertz CT molecular complexity index is 735. The molecule has 0 aliphatic carbocycles. The van der Waals surface area contributed by atoms with Gasteiger partial charge in [0.05, 0.1) is 5.69 Å². The fraction of sp³-hybridized carbons (Fsp3) is 0.286. The molecule has 1 aromatic carbocycles. The fourth-order valence-corrected chi connectivity index (χ4v) is 4.62. The number of anilines is 2. The van der Waals surface area contributed by atoms with Crippen molar-refractivity contribution in [3.63, 3.8) is 0 Å². The predicted molar refractivity (Wildman–Crippen MR) is 83.1 cm³/mol.